The van der Waals surface area contributed by atoms with Gasteiger partial charge in [0.1, 0.15) is 17.3 Å². The fourth-order valence-corrected chi connectivity index (χ4v) is 3.36. The Balaban J connectivity index is 1.69. The maximum absolute atomic E-state index is 12.4. The van der Waals surface area contributed by atoms with Crippen molar-refractivity contribution in [1.29, 1.82) is 0 Å². The molecule has 1 heterocycles. The molecule has 6 nitrogen and oxygen atoms in total. The largest absolute Gasteiger partial charge is 0.493 e. The quantitative estimate of drug-likeness (QED) is 0.372. The highest BCUT2D eigenvalue weighted by molar-refractivity contribution is 5.66. The third-order valence-electron chi connectivity index (χ3n) is 4.99. The normalized spacial score (nSPS) is 11.0. The third kappa shape index (κ3) is 6.54. The number of carboxylic acids is 1. The molecule has 32 heavy (non-hydrogen) atoms. The van der Waals surface area contributed by atoms with E-state index in [-0.39, 0.29) is 12.2 Å². The summed E-state index contributed by atoms with van der Waals surface area (Å²) in [4.78, 5) is 15.1. The van der Waals surface area contributed by atoms with Crippen molar-refractivity contribution in [2.24, 2.45) is 0 Å². The molecule has 0 aliphatic carbocycles. The number of rotatable bonds is 12. The molecule has 1 N–H and O–H groups in total. The molecule has 0 spiro atoms. The molecule has 0 bridgehead atoms. The Kier molecular flexibility index (Phi) is 8.19. The van der Waals surface area contributed by atoms with Gasteiger partial charge in [0.2, 0.25) is 0 Å². The van der Waals surface area contributed by atoms with Crippen LogP contribution in [-0.4, -0.2) is 33.8 Å². The first-order chi connectivity index (χ1) is 15.4. The number of benzene rings is 2. The molecule has 0 amide bonds. The number of hydrogen-bond donors (Lipinski definition) is 1. The fourth-order valence-electron chi connectivity index (χ4n) is 3.36. The van der Waals surface area contributed by atoms with Crippen molar-refractivity contribution in [3.63, 3.8) is 0 Å². The zero-order valence-electron chi connectivity index (χ0n) is 17.8. The summed E-state index contributed by atoms with van der Waals surface area (Å²) >= 11 is 0. The second-order valence-corrected chi connectivity index (χ2v) is 7.37. The van der Waals surface area contributed by atoms with E-state index >= 15 is 0 Å². The summed E-state index contributed by atoms with van der Waals surface area (Å²) in [6.45, 7) is 0.138. The fraction of sp³-hybridized carbons (Fsp3) is 0.333. The van der Waals surface area contributed by atoms with Crippen molar-refractivity contribution in [2.45, 2.75) is 45.8 Å². The van der Waals surface area contributed by atoms with Gasteiger partial charge in [0.05, 0.1) is 13.2 Å². The first kappa shape index (κ1) is 23.2. The van der Waals surface area contributed by atoms with Crippen LogP contribution in [0.4, 0.5) is 8.78 Å². The second-order valence-electron chi connectivity index (χ2n) is 7.37. The van der Waals surface area contributed by atoms with Gasteiger partial charge in [-0.25, -0.2) is 4.98 Å². The highest BCUT2D eigenvalue weighted by Crippen LogP contribution is 2.26. The lowest BCUT2D eigenvalue weighted by molar-refractivity contribution is -0.137. The number of aryl methyl sites for hydroxylation is 1. The topological polar surface area (TPSA) is 73.6 Å². The number of aliphatic carboxylic acids is 1. The number of halogens is 2. The van der Waals surface area contributed by atoms with Crippen molar-refractivity contribution >= 4 is 5.97 Å². The molecule has 1 aromatic heterocycles. The summed E-state index contributed by atoms with van der Waals surface area (Å²) in [5, 5.41) is 8.71. The van der Waals surface area contributed by atoms with Crippen molar-refractivity contribution < 1.29 is 28.2 Å². The van der Waals surface area contributed by atoms with E-state index in [1.165, 1.54) is 12.1 Å². The molecule has 0 aliphatic rings. The van der Waals surface area contributed by atoms with Gasteiger partial charge in [-0.1, -0.05) is 18.2 Å². The van der Waals surface area contributed by atoms with Crippen LogP contribution in [0.5, 0.6) is 11.5 Å². The van der Waals surface area contributed by atoms with Crippen LogP contribution >= 0.6 is 0 Å². The molecule has 3 rings (SSSR count). The molecule has 0 unspecified atom stereocenters. The van der Waals surface area contributed by atoms with Gasteiger partial charge in [0.15, 0.2) is 0 Å². The van der Waals surface area contributed by atoms with Gasteiger partial charge >= 0.3 is 12.6 Å². The van der Waals surface area contributed by atoms with Crippen LogP contribution in [-0.2, 0) is 11.3 Å². The van der Waals surface area contributed by atoms with Crippen LogP contribution in [0.25, 0.3) is 11.4 Å². The molecule has 2 aromatic carbocycles. The van der Waals surface area contributed by atoms with E-state index < -0.39 is 12.6 Å². The van der Waals surface area contributed by atoms with E-state index in [0.717, 1.165) is 41.2 Å². The lowest BCUT2D eigenvalue weighted by Crippen LogP contribution is -2.07. The van der Waals surface area contributed by atoms with Crippen LogP contribution in [0.3, 0.4) is 0 Å². The van der Waals surface area contributed by atoms with Gasteiger partial charge in [0, 0.05) is 29.4 Å². The highest BCUT2D eigenvalue weighted by atomic mass is 19.3. The number of carboxylic acid groups (broad SMARTS) is 1. The summed E-state index contributed by atoms with van der Waals surface area (Å²) in [6.07, 6.45) is 4.16. The number of alkyl halides is 2. The average Bonchev–Trinajstić information content (AvgIpc) is 3.12. The minimum absolute atomic E-state index is 0.0979. The van der Waals surface area contributed by atoms with E-state index in [1.54, 1.807) is 18.3 Å². The summed E-state index contributed by atoms with van der Waals surface area (Å²) < 4.78 is 37.2. The predicted octanol–water partition coefficient (Wildman–Crippen LogP) is 5.53. The Bertz CT molecular complexity index is 1020. The Morgan fingerprint density at radius 1 is 1.09 bits per heavy atom. The first-order valence-electron chi connectivity index (χ1n) is 10.4. The highest BCUT2D eigenvalue weighted by Gasteiger charge is 2.13. The van der Waals surface area contributed by atoms with Crippen LogP contribution in [0, 0.1) is 6.92 Å². The number of aromatic nitrogens is 2. The monoisotopic (exact) mass is 444 g/mol. The number of hydrogen-bond acceptors (Lipinski definition) is 4. The zero-order chi connectivity index (χ0) is 22.9. The van der Waals surface area contributed by atoms with E-state index in [2.05, 4.69) is 9.72 Å². The summed E-state index contributed by atoms with van der Waals surface area (Å²) in [5.74, 6) is 0.805. The molecule has 0 radical (unpaired) electrons. The lowest BCUT2D eigenvalue weighted by Gasteiger charge is -2.15. The van der Waals surface area contributed by atoms with E-state index in [4.69, 9.17) is 9.84 Å². The molecule has 0 saturated carbocycles. The maximum Gasteiger partial charge on any atom is 0.387 e. The Morgan fingerprint density at radius 2 is 1.84 bits per heavy atom. The van der Waals surface area contributed by atoms with E-state index in [0.29, 0.717) is 19.6 Å². The Morgan fingerprint density at radius 3 is 2.56 bits per heavy atom. The van der Waals surface area contributed by atoms with Gasteiger partial charge in [0.25, 0.3) is 0 Å². The van der Waals surface area contributed by atoms with Gasteiger partial charge in [-0.2, -0.15) is 8.78 Å². The van der Waals surface area contributed by atoms with Crippen molar-refractivity contribution in [3.05, 3.63) is 66.0 Å². The lowest BCUT2D eigenvalue weighted by atomic mass is 10.1. The van der Waals surface area contributed by atoms with Crippen LogP contribution in [0.15, 0.2) is 54.7 Å². The molecule has 0 atom stereocenters. The van der Waals surface area contributed by atoms with Crippen molar-refractivity contribution in [3.8, 4) is 22.9 Å². The number of carbonyl (C=O) groups is 1. The summed E-state index contributed by atoms with van der Waals surface area (Å²) in [7, 11) is 0. The molecule has 0 saturated heterocycles. The smallest absolute Gasteiger partial charge is 0.387 e. The number of imidazole rings is 1. The van der Waals surface area contributed by atoms with Crippen molar-refractivity contribution in [1.82, 2.24) is 9.55 Å². The van der Waals surface area contributed by atoms with Gasteiger partial charge in [-0.3, -0.25) is 4.79 Å². The van der Waals surface area contributed by atoms with Gasteiger partial charge in [-0.05, 0) is 56.5 Å². The molecule has 8 heteroatoms. The first-order valence-corrected chi connectivity index (χ1v) is 10.4. The molecular weight excluding hydrogens is 418 g/mol. The van der Waals surface area contributed by atoms with Crippen LogP contribution < -0.4 is 9.47 Å². The number of para-hydroxylation sites is 1. The number of nitrogens with zero attached hydrogens (tertiary/aromatic N) is 2. The SMILES string of the molecule is Cc1cnc(-c2ccc(OC(F)F)cc2)n1Cc1ccccc1OCCCCCC(=O)O. The summed E-state index contributed by atoms with van der Waals surface area (Å²) in [5.41, 5.74) is 2.73. The Labute approximate surface area is 185 Å². The molecule has 3 aromatic rings. The number of unbranched alkanes of at least 4 members (excludes halogenated alkanes) is 2. The summed E-state index contributed by atoms with van der Waals surface area (Å²) in [6, 6.07) is 14.2. The standard InChI is InChI=1S/C24H26F2N2O4/c1-17-15-27-23(18-10-12-20(13-11-18)32-24(25)26)28(17)16-19-7-4-5-8-21(19)31-14-6-2-3-9-22(29)30/h4-5,7-8,10-13,15,24H,2-3,6,9,14,16H2,1H3,(H,29,30). The van der Waals surface area contributed by atoms with Crippen LogP contribution in [0.2, 0.25) is 0 Å². The predicted molar refractivity (Wildman–Crippen MR) is 116 cm³/mol. The molecule has 0 aliphatic heterocycles. The van der Waals surface area contributed by atoms with Crippen LogP contribution in [0.1, 0.15) is 36.9 Å². The Hall–Kier alpha value is -3.42. The minimum atomic E-state index is -2.86. The number of ether oxygens (including phenoxy) is 2. The van der Waals surface area contributed by atoms with Gasteiger partial charge in [-0.15, -0.1) is 0 Å². The van der Waals surface area contributed by atoms with E-state index in [9.17, 15) is 13.6 Å². The van der Waals surface area contributed by atoms with Crippen molar-refractivity contribution in [2.75, 3.05) is 6.61 Å². The second kappa shape index (κ2) is 11.3. The minimum Gasteiger partial charge on any atom is -0.493 e. The molecule has 0 fully saturated rings. The molecular formula is C24H26F2N2O4. The third-order valence-corrected chi connectivity index (χ3v) is 4.99. The zero-order valence-corrected chi connectivity index (χ0v) is 17.8. The maximum atomic E-state index is 12.4. The van der Waals surface area contributed by atoms with E-state index in [1.807, 2.05) is 35.8 Å². The molecule has 170 valence electrons. The van der Waals surface area contributed by atoms with Gasteiger partial charge < -0.3 is 19.1 Å². The average molecular weight is 444 g/mol.